The van der Waals surface area contributed by atoms with Gasteiger partial charge >= 0.3 is 5.97 Å². The SMILES string of the molecule is CCOC(=O)CSC(C)C(=O)c1ccc(Cl)s1. The monoisotopic (exact) mass is 292 g/mol. The van der Waals surface area contributed by atoms with Crippen molar-refractivity contribution < 1.29 is 14.3 Å². The summed E-state index contributed by atoms with van der Waals surface area (Å²) in [5.41, 5.74) is 0. The lowest BCUT2D eigenvalue weighted by molar-refractivity contribution is -0.139. The normalized spacial score (nSPS) is 12.2. The molecule has 0 fully saturated rings. The van der Waals surface area contributed by atoms with Gasteiger partial charge in [0.15, 0.2) is 5.78 Å². The smallest absolute Gasteiger partial charge is 0.315 e. The Kier molecular flexibility index (Phi) is 6.02. The van der Waals surface area contributed by atoms with Gasteiger partial charge in [0.2, 0.25) is 0 Å². The molecule has 1 aromatic rings. The number of thioether (sulfide) groups is 1. The highest BCUT2D eigenvalue weighted by molar-refractivity contribution is 8.01. The van der Waals surface area contributed by atoms with Crippen LogP contribution in [0.4, 0.5) is 0 Å². The second-order valence-electron chi connectivity index (χ2n) is 3.23. The first-order valence-corrected chi connectivity index (χ1v) is 7.35. The average molecular weight is 293 g/mol. The first kappa shape index (κ1) is 14.5. The third-order valence-corrected chi connectivity index (χ3v) is 4.30. The summed E-state index contributed by atoms with van der Waals surface area (Å²) >= 11 is 8.29. The van der Waals surface area contributed by atoms with Gasteiger partial charge in [-0.25, -0.2) is 0 Å². The molecule has 0 amide bonds. The maximum absolute atomic E-state index is 11.9. The molecule has 0 aliphatic rings. The van der Waals surface area contributed by atoms with Crippen molar-refractivity contribution in [2.24, 2.45) is 0 Å². The van der Waals surface area contributed by atoms with Gasteiger partial charge in [-0.1, -0.05) is 11.6 Å². The molecular formula is C11H13ClO3S2. The van der Waals surface area contributed by atoms with Gasteiger partial charge in [-0.3, -0.25) is 9.59 Å². The molecule has 17 heavy (non-hydrogen) atoms. The van der Waals surface area contributed by atoms with Crippen molar-refractivity contribution in [1.29, 1.82) is 0 Å². The average Bonchev–Trinajstić information content (AvgIpc) is 2.72. The minimum atomic E-state index is -0.290. The quantitative estimate of drug-likeness (QED) is 0.596. The molecule has 94 valence electrons. The van der Waals surface area contributed by atoms with Gasteiger partial charge in [0.1, 0.15) is 0 Å². The zero-order chi connectivity index (χ0) is 12.8. The Hall–Kier alpha value is -0.520. The van der Waals surface area contributed by atoms with Crippen LogP contribution in [0, 0.1) is 0 Å². The van der Waals surface area contributed by atoms with Crippen molar-refractivity contribution in [2.45, 2.75) is 19.1 Å². The molecule has 1 aromatic heterocycles. The van der Waals surface area contributed by atoms with E-state index in [1.54, 1.807) is 26.0 Å². The number of hydrogen-bond donors (Lipinski definition) is 0. The molecule has 1 atom stereocenters. The summed E-state index contributed by atoms with van der Waals surface area (Å²) in [4.78, 5) is 23.7. The molecule has 0 saturated carbocycles. The molecule has 0 aromatic carbocycles. The fraction of sp³-hybridized carbons (Fsp3) is 0.455. The Labute approximate surface area is 113 Å². The molecule has 0 saturated heterocycles. The Morgan fingerprint density at radius 2 is 2.24 bits per heavy atom. The third kappa shape index (κ3) is 4.69. The summed E-state index contributed by atoms with van der Waals surface area (Å²) < 4.78 is 5.39. The molecule has 0 aliphatic heterocycles. The van der Waals surface area contributed by atoms with Crippen LogP contribution in [-0.4, -0.2) is 29.4 Å². The standard InChI is InChI=1S/C11H13ClO3S2/c1-3-15-10(13)6-16-7(2)11(14)8-4-5-9(12)17-8/h4-5,7H,3,6H2,1-2H3. The van der Waals surface area contributed by atoms with Crippen molar-refractivity contribution in [3.05, 3.63) is 21.3 Å². The van der Waals surface area contributed by atoms with Crippen LogP contribution in [0.1, 0.15) is 23.5 Å². The number of carbonyl (C=O) groups excluding carboxylic acids is 2. The van der Waals surface area contributed by atoms with Gasteiger partial charge in [-0.15, -0.1) is 23.1 Å². The fourth-order valence-corrected chi connectivity index (χ4v) is 3.01. The zero-order valence-corrected chi connectivity index (χ0v) is 12.0. The Morgan fingerprint density at radius 1 is 1.53 bits per heavy atom. The van der Waals surface area contributed by atoms with Crippen molar-refractivity contribution >= 4 is 46.5 Å². The fourth-order valence-electron chi connectivity index (χ4n) is 1.12. The summed E-state index contributed by atoms with van der Waals surface area (Å²) in [5, 5.41) is -0.269. The van der Waals surface area contributed by atoms with Crippen LogP contribution >= 0.6 is 34.7 Å². The number of esters is 1. The number of halogens is 1. The van der Waals surface area contributed by atoms with E-state index in [2.05, 4.69) is 0 Å². The number of ketones is 1. The van der Waals surface area contributed by atoms with E-state index < -0.39 is 0 Å². The molecule has 3 nitrogen and oxygen atoms in total. The molecule has 1 unspecified atom stereocenters. The second kappa shape index (κ2) is 7.03. The maximum atomic E-state index is 11.9. The Balaban J connectivity index is 2.45. The van der Waals surface area contributed by atoms with Gasteiger partial charge in [-0.2, -0.15) is 0 Å². The number of Topliss-reactive ketones (excluding diaryl/α,β-unsaturated/α-hetero) is 1. The van der Waals surface area contributed by atoms with Crippen LogP contribution < -0.4 is 0 Å². The number of carbonyl (C=O) groups is 2. The van der Waals surface area contributed by atoms with E-state index >= 15 is 0 Å². The molecule has 0 spiro atoms. The molecule has 0 N–H and O–H groups in total. The second-order valence-corrected chi connectivity index (χ2v) is 6.27. The predicted molar refractivity (Wildman–Crippen MR) is 72.2 cm³/mol. The molecule has 1 rings (SSSR count). The lowest BCUT2D eigenvalue weighted by atomic mass is 10.2. The van der Waals surface area contributed by atoms with E-state index in [0.29, 0.717) is 15.8 Å². The highest BCUT2D eigenvalue weighted by Crippen LogP contribution is 2.25. The lowest BCUT2D eigenvalue weighted by Gasteiger charge is -2.08. The van der Waals surface area contributed by atoms with Gasteiger partial charge in [0.05, 0.1) is 26.8 Å². The van der Waals surface area contributed by atoms with E-state index in [4.69, 9.17) is 16.3 Å². The van der Waals surface area contributed by atoms with Gasteiger partial charge < -0.3 is 4.74 Å². The summed E-state index contributed by atoms with van der Waals surface area (Å²) in [6.45, 7) is 3.90. The lowest BCUT2D eigenvalue weighted by Crippen LogP contribution is -2.16. The molecule has 6 heteroatoms. The van der Waals surface area contributed by atoms with E-state index in [1.165, 1.54) is 23.1 Å². The molecule has 0 aliphatic carbocycles. The number of ether oxygens (including phenoxy) is 1. The van der Waals surface area contributed by atoms with Crippen molar-refractivity contribution in [3.8, 4) is 0 Å². The minimum absolute atomic E-state index is 0.00352. The van der Waals surface area contributed by atoms with E-state index in [0.717, 1.165) is 0 Å². The summed E-state index contributed by atoms with van der Waals surface area (Å²) in [5.74, 6) is -0.0996. The molecule has 0 radical (unpaired) electrons. The Morgan fingerprint density at radius 3 is 2.76 bits per heavy atom. The number of thiophene rings is 1. The van der Waals surface area contributed by atoms with E-state index in [9.17, 15) is 9.59 Å². The predicted octanol–water partition coefficient (Wildman–Crippen LogP) is 3.27. The van der Waals surface area contributed by atoms with Crippen LogP contribution in [0.5, 0.6) is 0 Å². The van der Waals surface area contributed by atoms with Gasteiger partial charge in [-0.05, 0) is 26.0 Å². The van der Waals surface area contributed by atoms with Gasteiger partial charge in [0.25, 0.3) is 0 Å². The highest BCUT2D eigenvalue weighted by atomic mass is 35.5. The summed E-state index contributed by atoms with van der Waals surface area (Å²) in [7, 11) is 0. The highest BCUT2D eigenvalue weighted by Gasteiger charge is 2.18. The minimum Gasteiger partial charge on any atom is -0.465 e. The van der Waals surface area contributed by atoms with Crippen LogP contribution in [0.15, 0.2) is 12.1 Å². The Bertz CT molecular complexity index is 403. The zero-order valence-electron chi connectivity index (χ0n) is 9.57. The number of rotatable bonds is 6. The molecular weight excluding hydrogens is 280 g/mol. The maximum Gasteiger partial charge on any atom is 0.315 e. The summed E-state index contributed by atoms with van der Waals surface area (Å²) in [6.07, 6.45) is 0. The molecule has 0 bridgehead atoms. The van der Waals surface area contributed by atoms with E-state index in [1.807, 2.05) is 0 Å². The van der Waals surface area contributed by atoms with Crippen molar-refractivity contribution in [1.82, 2.24) is 0 Å². The van der Waals surface area contributed by atoms with E-state index in [-0.39, 0.29) is 22.8 Å². The van der Waals surface area contributed by atoms with Gasteiger partial charge in [0, 0.05) is 0 Å². The van der Waals surface area contributed by atoms with Crippen LogP contribution in [-0.2, 0) is 9.53 Å². The van der Waals surface area contributed by atoms with Crippen LogP contribution in [0.25, 0.3) is 0 Å². The van der Waals surface area contributed by atoms with Crippen molar-refractivity contribution in [3.63, 3.8) is 0 Å². The largest absolute Gasteiger partial charge is 0.465 e. The molecule has 1 heterocycles. The van der Waals surface area contributed by atoms with Crippen molar-refractivity contribution in [2.75, 3.05) is 12.4 Å². The first-order valence-electron chi connectivity index (χ1n) is 5.11. The van der Waals surface area contributed by atoms with Crippen LogP contribution in [0.3, 0.4) is 0 Å². The van der Waals surface area contributed by atoms with Crippen LogP contribution in [0.2, 0.25) is 4.34 Å². The topological polar surface area (TPSA) is 43.4 Å². The number of hydrogen-bond acceptors (Lipinski definition) is 5. The summed E-state index contributed by atoms with van der Waals surface area (Å²) in [6, 6.07) is 3.40. The third-order valence-electron chi connectivity index (χ3n) is 1.94. The first-order chi connectivity index (χ1) is 8.04.